The van der Waals surface area contributed by atoms with E-state index >= 15 is 0 Å². The lowest BCUT2D eigenvalue weighted by molar-refractivity contribution is -0.384. The van der Waals surface area contributed by atoms with Crippen LogP contribution in [0.5, 0.6) is 0 Å². The molecule has 2 aromatic rings. The third-order valence-electron chi connectivity index (χ3n) is 2.77. The van der Waals surface area contributed by atoms with Crippen molar-refractivity contribution in [2.75, 3.05) is 0 Å². The van der Waals surface area contributed by atoms with Crippen LogP contribution in [-0.2, 0) is 5.41 Å². The van der Waals surface area contributed by atoms with Gasteiger partial charge < -0.3 is 0 Å². The Labute approximate surface area is 115 Å². The summed E-state index contributed by atoms with van der Waals surface area (Å²) in [5, 5.41) is 27.7. The Morgan fingerprint density at radius 3 is 2.65 bits per heavy atom. The zero-order valence-corrected chi connectivity index (χ0v) is 11.4. The Morgan fingerprint density at radius 2 is 2.10 bits per heavy atom. The highest BCUT2D eigenvalue weighted by Gasteiger charge is 2.26. The monoisotopic (exact) mass is 271 g/mol. The molecule has 0 aliphatic rings. The number of nitro benzene ring substituents is 1. The topological polar surface area (TPSA) is 97.6 Å². The van der Waals surface area contributed by atoms with Crippen molar-refractivity contribution in [2.24, 2.45) is 0 Å². The van der Waals surface area contributed by atoms with Gasteiger partial charge in [0.15, 0.2) is 5.69 Å². The van der Waals surface area contributed by atoms with Gasteiger partial charge in [-0.2, -0.15) is 5.26 Å². The molecule has 1 heterocycles. The normalized spacial score (nSPS) is 11.1. The van der Waals surface area contributed by atoms with Crippen LogP contribution in [0.4, 0.5) is 5.69 Å². The van der Waals surface area contributed by atoms with Crippen molar-refractivity contribution in [3.05, 3.63) is 45.8 Å². The first-order chi connectivity index (χ1) is 9.34. The molecule has 0 atom stereocenters. The van der Waals surface area contributed by atoms with Gasteiger partial charge in [-0.15, -0.1) is 5.10 Å². The van der Waals surface area contributed by atoms with Gasteiger partial charge in [0.2, 0.25) is 0 Å². The first-order valence-electron chi connectivity index (χ1n) is 5.95. The quantitative estimate of drug-likeness (QED) is 0.616. The fraction of sp³-hybridized carbons (Fsp3) is 0.308. The van der Waals surface area contributed by atoms with Crippen molar-refractivity contribution in [3.8, 4) is 11.8 Å². The second kappa shape index (κ2) is 4.74. The Hall–Kier alpha value is -2.75. The molecular formula is C13H13N5O2. The first kappa shape index (κ1) is 13.7. The number of nitro groups is 1. The third-order valence-corrected chi connectivity index (χ3v) is 2.77. The molecule has 0 radical (unpaired) electrons. The molecule has 0 spiro atoms. The van der Waals surface area contributed by atoms with Crippen LogP contribution in [0.1, 0.15) is 32.2 Å². The summed E-state index contributed by atoms with van der Waals surface area (Å²) in [6.07, 6.45) is 0. The Kier molecular flexibility index (Phi) is 3.24. The SMILES string of the molecule is CC(C)(C)c1c(C#N)nnn1-c1cccc([N+](=O)[O-])c1. The molecular weight excluding hydrogens is 258 g/mol. The lowest BCUT2D eigenvalue weighted by atomic mass is 9.90. The maximum absolute atomic E-state index is 10.8. The van der Waals surface area contributed by atoms with E-state index in [1.165, 1.54) is 16.8 Å². The highest BCUT2D eigenvalue weighted by Crippen LogP contribution is 2.27. The van der Waals surface area contributed by atoms with E-state index in [0.29, 0.717) is 11.4 Å². The molecule has 1 aromatic heterocycles. The molecule has 2 rings (SSSR count). The lowest BCUT2D eigenvalue weighted by Gasteiger charge is -2.19. The van der Waals surface area contributed by atoms with Crippen molar-refractivity contribution in [1.29, 1.82) is 5.26 Å². The van der Waals surface area contributed by atoms with Crippen LogP contribution in [0.25, 0.3) is 5.69 Å². The van der Waals surface area contributed by atoms with Gasteiger partial charge in [0.05, 0.1) is 16.3 Å². The van der Waals surface area contributed by atoms with Gasteiger partial charge >= 0.3 is 0 Å². The van der Waals surface area contributed by atoms with E-state index in [-0.39, 0.29) is 16.8 Å². The number of hydrogen-bond donors (Lipinski definition) is 0. The largest absolute Gasteiger partial charge is 0.271 e. The van der Waals surface area contributed by atoms with Gasteiger partial charge in [-0.25, -0.2) is 4.68 Å². The van der Waals surface area contributed by atoms with Crippen LogP contribution in [0, 0.1) is 21.4 Å². The molecule has 0 amide bonds. The van der Waals surface area contributed by atoms with E-state index in [1.54, 1.807) is 12.1 Å². The molecule has 1 aromatic carbocycles. The number of benzene rings is 1. The molecule has 0 N–H and O–H groups in total. The molecule has 0 saturated carbocycles. The van der Waals surface area contributed by atoms with Crippen LogP contribution in [0.2, 0.25) is 0 Å². The van der Waals surface area contributed by atoms with Crippen molar-refractivity contribution < 1.29 is 4.92 Å². The van der Waals surface area contributed by atoms with Gasteiger partial charge in [0, 0.05) is 17.5 Å². The lowest BCUT2D eigenvalue weighted by Crippen LogP contribution is -2.19. The van der Waals surface area contributed by atoms with Gasteiger partial charge in [-0.3, -0.25) is 10.1 Å². The first-order valence-corrected chi connectivity index (χ1v) is 5.95. The fourth-order valence-electron chi connectivity index (χ4n) is 1.95. The van der Waals surface area contributed by atoms with Gasteiger partial charge in [0.1, 0.15) is 6.07 Å². The van der Waals surface area contributed by atoms with Crippen molar-refractivity contribution in [2.45, 2.75) is 26.2 Å². The molecule has 102 valence electrons. The molecule has 20 heavy (non-hydrogen) atoms. The molecule has 0 saturated heterocycles. The van der Waals surface area contributed by atoms with Crippen LogP contribution in [-0.4, -0.2) is 19.9 Å². The molecule has 0 aliphatic carbocycles. The molecule has 0 fully saturated rings. The Morgan fingerprint density at radius 1 is 1.40 bits per heavy atom. The number of non-ortho nitro benzene ring substituents is 1. The third kappa shape index (κ3) is 2.36. The summed E-state index contributed by atoms with van der Waals surface area (Å²) in [6, 6.07) is 8.08. The van der Waals surface area contributed by atoms with Crippen molar-refractivity contribution >= 4 is 5.69 Å². The number of nitrogens with zero attached hydrogens (tertiary/aromatic N) is 5. The van der Waals surface area contributed by atoms with Crippen LogP contribution >= 0.6 is 0 Å². The average Bonchev–Trinajstić information content (AvgIpc) is 2.82. The second-order valence-electron chi connectivity index (χ2n) is 5.34. The summed E-state index contributed by atoms with van der Waals surface area (Å²) in [5.74, 6) is 0. The van der Waals surface area contributed by atoms with E-state index in [1.807, 2.05) is 26.8 Å². The number of rotatable bonds is 2. The molecule has 7 nitrogen and oxygen atoms in total. The Balaban J connectivity index is 2.65. The van der Waals surface area contributed by atoms with Gasteiger partial charge in [-0.05, 0) is 6.07 Å². The van der Waals surface area contributed by atoms with Gasteiger partial charge in [-0.1, -0.05) is 32.1 Å². The van der Waals surface area contributed by atoms with Gasteiger partial charge in [0.25, 0.3) is 5.69 Å². The minimum absolute atomic E-state index is 0.0311. The molecule has 0 unspecified atom stereocenters. The molecule has 7 heteroatoms. The van der Waals surface area contributed by atoms with E-state index in [9.17, 15) is 10.1 Å². The summed E-state index contributed by atoms with van der Waals surface area (Å²) in [4.78, 5) is 10.4. The second-order valence-corrected chi connectivity index (χ2v) is 5.34. The van der Waals surface area contributed by atoms with Crippen molar-refractivity contribution in [1.82, 2.24) is 15.0 Å². The van der Waals surface area contributed by atoms with Crippen LogP contribution < -0.4 is 0 Å². The predicted octanol–water partition coefficient (Wildman–Crippen LogP) is 2.34. The van der Waals surface area contributed by atoms with Crippen LogP contribution in [0.3, 0.4) is 0 Å². The summed E-state index contributed by atoms with van der Waals surface area (Å²) < 4.78 is 1.48. The number of aromatic nitrogens is 3. The number of hydrogen-bond acceptors (Lipinski definition) is 5. The smallest absolute Gasteiger partial charge is 0.258 e. The highest BCUT2D eigenvalue weighted by atomic mass is 16.6. The summed E-state index contributed by atoms with van der Waals surface area (Å²) in [7, 11) is 0. The van der Waals surface area contributed by atoms with E-state index < -0.39 is 4.92 Å². The standard InChI is InChI=1S/C13H13N5O2/c1-13(2,3)12-11(8-14)15-16-17(12)9-5-4-6-10(7-9)18(19)20/h4-7H,1-3H3. The predicted molar refractivity (Wildman–Crippen MR) is 71.4 cm³/mol. The Bertz CT molecular complexity index is 706. The maximum Gasteiger partial charge on any atom is 0.271 e. The van der Waals surface area contributed by atoms with E-state index in [2.05, 4.69) is 10.3 Å². The number of nitriles is 1. The average molecular weight is 271 g/mol. The minimum Gasteiger partial charge on any atom is -0.258 e. The van der Waals surface area contributed by atoms with E-state index in [0.717, 1.165) is 0 Å². The zero-order valence-electron chi connectivity index (χ0n) is 11.4. The van der Waals surface area contributed by atoms with Crippen molar-refractivity contribution in [3.63, 3.8) is 0 Å². The summed E-state index contributed by atoms with van der Waals surface area (Å²) in [5.41, 5.74) is 0.970. The minimum atomic E-state index is -0.470. The summed E-state index contributed by atoms with van der Waals surface area (Å²) in [6.45, 7) is 5.79. The van der Waals surface area contributed by atoms with Crippen LogP contribution in [0.15, 0.2) is 24.3 Å². The fourth-order valence-corrected chi connectivity index (χ4v) is 1.95. The molecule has 0 bridgehead atoms. The maximum atomic E-state index is 10.8. The summed E-state index contributed by atoms with van der Waals surface area (Å²) >= 11 is 0. The highest BCUT2D eigenvalue weighted by molar-refractivity contribution is 5.45. The van der Waals surface area contributed by atoms with E-state index in [4.69, 9.17) is 5.26 Å². The zero-order chi connectivity index (χ0) is 14.9. The molecule has 0 aliphatic heterocycles.